The van der Waals surface area contributed by atoms with Crippen molar-refractivity contribution >= 4 is 33.3 Å². The Labute approximate surface area is 124 Å². The molecule has 1 aromatic heterocycles. The predicted octanol–water partition coefficient (Wildman–Crippen LogP) is 3.99. The fourth-order valence-electron chi connectivity index (χ4n) is 1.67. The van der Waals surface area contributed by atoms with Crippen molar-refractivity contribution in [3.05, 3.63) is 63.3 Å². The molecule has 19 heavy (non-hydrogen) atoms. The van der Waals surface area contributed by atoms with E-state index in [4.69, 9.17) is 11.6 Å². The van der Waals surface area contributed by atoms with E-state index < -0.39 is 5.92 Å². The first-order valence-corrected chi connectivity index (χ1v) is 6.60. The zero-order chi connectivity index (χ0) is 13.8. The molecule has 1 atom stereocenters. The van der Waals surface area contributed by atoms with Crippen LogP contribution in [0.5, 0.6) is 0 Å². The lowest BCUT2D eigenvalue weighted by molar-refractivity contribution is 0.0977. The molecule has 0 saturated carbocycles. The molecule has 0 aliphatic rings. The molecular formula is C14H8BrClN2O. The fraction of sp³-hybridized carbons (Fsp3) is 0.0714. The number of pyridine rings is 1. The molecule has 2 rings (SSSR count). The smallest absolute Gasteiger partial charge is 0.186 e. The lowest BCUT2D eigenvalue weighted by Crippen LogP contribution is -2.12. The Morgan fingerprint density at radius 1 is 1.37 bits per heavy atom. The van der Waals surface area contributed by atoms with E-state index in [1.807, 2.05) is 6.07 Å². The van der Waals surface area contributed by atoms with Crippen LogP contribution in [-0.2, 0) is 0 Å². The van der Waals surface area contributed by atoms with E-state index in [1.165, 1.54) is 0 Å². The molecule has 0 spiro atoms. The number of aromatic nitrogens is 1. The average Bonchev–Trinajstić information content (AvgIpc) is 2.39. The maximum atomic E-state index is 12.3. The highest BCUT2D eigenvalue weighted by atomic mass is 79.9. The quantitative estimate of drug-likeness (QED) is 0.797. The predicted molar refractivity (Wildman–Crippen MR) is 76.1 cm³/mol. The second-order valence-electron chi connectivity index (χ2n) is 3.84. The summed E-state index contributed by atoms with van der Waals surface area (Å²) in [6, 6.07) is 12.0. The summed E-state index contributed by atoms with van der Waals surface area (Å²) in [6.07, 6.45) is 1.56. The number of hydrogen-bond donors (Lipinski definition) is 0. The third-order valence-electron chi connectivity index (χ3n) is 2.52. The minimum Gasteiger partial charge on any atom is -0.292 e. The van der Waals surface area contributed by atoms with Gasteiger partial charge in [0.1, 0.15) is 0 Å². The van der Waals surface area contributed by atoms with Gasteiger partial charge in [0.25, 0.3) is 0 Å². The number of carbonyl (C=O) groups excluding carboxylic acids is 1. The topological polar surface area (TPSA) is 53.8 Å². The van der Waals surface area contributed by atoms with Crippen molar-refractivity contribution in [2.75, 3.05) is 0 Å². The van der Waals surface area contributed by atoms with Crippen LogP contribution in [0.15, 0.2) is 47.1 Å². The molecule has 0 bridgehead atoms. The van der Waals surface area contributed by atoms with Crippen LogP contribution in [0.25, 0.3) is 0 Å². The molecule has 0 radical (unpaired) electrons. The van der Waals surface area contributed by atoms with Crippen molar-refractivity contribution in [1.82, 2.24) is 4.98 Å². The summed E-state index contributed by atoms with van der Waals surface area (Å²) in [4.78, 5) is 16.4. The number of Topliss-reactive ketones (excluding diaryl/α,β-unsaturated/α-hetero) is 1. The van der Waals surface area contributed by atoms with Crippen LogP contribution >= 0.6 is 27.5 Å². The number of rotatable bonds is 3. The van der Waals surface area contributed by atoms with E-state index in [-0.39, 0.29) is 5.78 Å². The summed E-state index contributed by atoms with van der Waals surface area (Å²) in [5.41, 5.74) is 0.822. The molecule has 0 aliphatic heterocycles. The highest BCUT2D eigenvalue weighted by Gasteiger charge is 2.23. The lowest BCUT2D eigenvalue weighted by Gasteiger charge is -2.08. The molecule has 0 N–H and O–H groups in total. The van der Waals surface area contributed by atoms with Crippen LogP contribution < -0.4 is 0 Å². The van der Waals surface area contributed by atoms with Crippen molar-refractivity contribution in [1.29, 1.82) is 5.26 Å². The van der Waals surface area contributed by atoms with E-state index in [0.717, 1.165) is 0 Å². The molecule has 94 valence electrons. The van der Waals surface area contributed by atoms with E-state index in [2.05, 4.69) is 20.9 Å². The zero-order valence-electron chi connectivity index (χ0n) is 9.68. The monoisotopic (exact) mass is 334 g/mol. The van der Waals surface area contributed by atoms with E-state index in [1.54, 1.807) is 42.6 Å². The molecule has 0 amide bonds. The summed E-state index contributed by atoms with van der Waals surface area (Å²) in [6.45, 7) is 0. The van der Waals surface area contributed by atoms with Crippen molar-refractivity contribution in [2.45, 2.75) is 5.92 Å². The SMILES string of the molecule is N#CC(C(=O)c1cc(Cl)cc(Br)c1)c1ccccn1. The Hall–Kier alpha value is -1.70. The molecule has 1 unspecified atom stereocenters. The van der Waals surface area contributed by atoms with Gasteiger partial charge in [-0.2, -0.15) is 5.26 Å². The van der Waals surface area contributed by atoms with Gasteiger partial charge in [-0.05, 0) is 30.3 Å². The van der Waals surface area contributed by atoms with Crippen molar-refractivity contribution in [3.8, 4) is 6.07 Å². The maximum Gasteiger partial charge on any atom is 0.186 e. The largest absolute Gasteiger partial charge is 0.292 e. The van der Waals surface area contributed by atoms with Gasteiger partial charge in [-0.1, -0.05) is 33.6 Å². The van der Waals surface area contributed by atoms with E-state index in [9.17, 15) is 10.1 Å². The minimum absolute atomic E-state index is 0.315. The highest BCUT2D eigenvalue weighted by molar-refractivity contribution is 9.10. The van der Waals surface area contributed by atoms with Crippen LogP contribution in [0.4, 0.5) is 0 Å². The second-order valence-corrected chi connectivity index (χ2v) is 5.19. The van der Waals surface area contributed by atoms with Crippen molar-refractivity contribution < 1.29 is 4.79 Å². The number of ketones is 1. The first-order valence-electron chi connectivity index (χ1n) is 5.42. The van der Waals surface area contributed by atoms with Crippen molar-refractivity contribution in [2.24, 2.45) is 0 Å². The molecule has 0 saturated heterocycles. The molecule has 1 aromatic carbocycles. The maximum absolute atomic E-state index is 12.3. The fourth-order valence-corrected chi connectivity index (χ4v) is 2.53. The minimum atomic E-state index is -0.924. The summed E-state index contributed by atoms with van der Waals surface area (Å²) in [5.74, 6) is -1.24. The summed E-state index contributed by atoms with van der Waals surface area (Å²) in [5, 5.41) is 9.63. The van der Waals surface area contributed by atoms with Crippen LogP contribution in [0, 0.1) is 11.3 Å². The Kier molecular flexibility index (Phi) is 4.31. The van der Waals surface area contributed by atoms with Gasteiger partial charge >= 0.3 is 0 Å². The Bertz CT molecular complexity index is 632. The van der Waals surface area contributed by atoms with Crippen LogP contribution in [0.3, 0.4) is 0 Å². The molecular weight excluding hydrogens is 328 g/mol. The van der Waals surface area contributed by atoms with E-state index >= 15 is 0 Å². The molecule has 2 aromatic rings. The van der Waals surface area contributed by atoms with Crippen LogP contribution in [0.2, 0.25) is 5.02 Å². The molecule has 3 nitrogen and oxygen atoms in total. The summed E-state index contributed by atoms with van der Waals surface area (Å²) < 4.78 is 0.695. The molecule has 0 fully saturated rings. The Morgan fingerprint density at radius 2 is 2.16 bits per heavy atom. The number of nitrogens with zero attached hydrogens (tertiary/aromatic N) is 2. The number of benzene rings is 1. The van der Waals surface area contributed by atoms with Gasteiger partial charge in [0, 0.05) is 21.3 Å². The first kappa shape index (κ1) is 13.7. The standard InChI is InChI=1S/C14H8BrClN2O/c15-10-5-9(6-11(16)7-10)14(19)12(8-17)13-3-1-2-4-18-13/h1-7,12H. The number of halogens is 2. The average molecular weight is 336 g/mol. The molecule has 0 aliphatic carbocycles. The summed E-state index contributed by atoms with van der Waals surface area (Å²) in [7, 11) is 0. The van der Waals surface area contributed by atoms with Crippen molar-refractivity contribution in [3.63, 3.8) is 0 Å². The molecule has 1 heterocycles. The van der Waals surface area contributed by atoms with Gasteiger partial charge in [-0.15, -0.1) is 0 Å². The van der Waals surface area contributed by atoms with Gasteiger partial charge in [0.05, 0.1) is 11.8 Å². The lowest BCUT2D eigenvalue weighted by atomic mass is 9.95. The highest BCUT2D eigenvalue weighted by Crippen LogP contribution is 2.24. The van der Waals surface area contributed by atoms with Gasteiger partial charge in [0.15, 0.2) is 11.7 Å². The van der Waals surface area contributed by atoms with Gasteiger partial charge in [0.2, 0.25) is 0 Å². The number of hydrogen-bond acceptors (Lipinski definition) is 3. The number of carbonyl (C=O) groups is 1. The van der Waals surface area contributed by atoms with E-state index in [0.29, 0.717) is 20.8 Å². The normalized spacial score (nSPS) is 11.6. The molecule has 5 heteroatoms. The second kappa shape index (κ2) is 5.96. The Morgan fingerprint density at radius 3 is 2.74 bits per heavy atom. The van der Waals surface area contributed by atoms with Gasteiger partial charge in [-0.3, -0.25) is 9.78 Å². The third kappa shape index (κ3) is 3.19. The Balaban J connectivity index is 2.40. The van der Waals surface area contributed by atoms with Crippen LogP contribution in [0.1, 0.15) is 22.0 Å². The number of nitriles is 1. The summed E-state index contributed by atoms with van der Waals surface area (Å²) >= 11 is 9.18. The van der Waals surface area contributed by atoms with Gasteiger partial charge in [-0.25, -0.2) is 0 Å². The third-order valence-corrected chi connectivity index (χ3v) is 3.20. The zero-order valence-corrected chi connectivity index (χ0v) is 12.0. The first-order chi connectivity index (χ1) is 9.11. The van der Waals surface area contributed by atoms with Crippen LogP contribution in [-0.4, -0.2) is 10.8 Å². The van der Waals surface area contributed by atoms with Gasteiger partial charge < -0.3 is 0 Å².